The van der Waals surface area contributed by atoms with Crippen molar-refractivity contribution in [3.05, 3.63) is 41.5 Å². The summed E-state index contributed by atoms with van der Waals surface area (Å²) in [6.07, 6.45) is 2.44. The lowest BCUT2D eigenvalue weighted by Gasteiger charge is -2.12. The van der Waals surface area contributed by atoms with Gasteiger partial charge >= 0.3 is 5.97 Å². The number of rotatable bonds is 4. The number of aryl methyl sites for hydroxylation is 1. The number of methoxy groups -OCH3 is 2. The maximum absolute atomic E-state index is 11.6. The molecule has 16 heavy (non-hydrogen) atoms. The Labute approximate surface area is 95.7 Å². The van der Waals surface area contributed by atoms with Gasteiger partial charge in [0.25, 0.3) is 0 Å². The number of carbonyl (C=O) groups excluding carboxylic acids is 1. The number of hydrogen-bond donors (Lipinski definition) is 0. The van der Waals surface area contributed by atoms with Gasteiger partial charge in [-0.2, -0.15) is 0 Å². The van der Waals surface area contributed by atoms with Gasteiger partial charge in [-0.05, 0) is 30.5 Å². The molecule has 0 aliphatic heterocycles. The zero-order chi connectivity index (χ0) is 12.1. The van der Waals surface area contributed by atoms with Crippen molar-refractivity contribution in [2.75, 3.05) is 14.2 Å². The van der Waals surface area contributed by atoms with Gasteiger partial charge in [-0.25, -0.2) is 4.79 Å². The fourth-order valence-corrected chi connectivity index (χ4v) is 1.66. The first-order valence-electron chi connectivity index (χ1n) is 5.00. The Morgan fingerprint density at radius 1 is 1.44 bits per heavy atom. The monoisotopic (exact) mass is 220 g/mol. The van der Waals surface area contributed by atoms with Gasteiger partial charge in [0.1, 0.15) is 11.3 Å². The van der Waals surface area contributed by atoms with Crippen molar-refractivity contribution in [2.45, 2.75) is 13.3 Å². The van der Waals surface area contributed by atoms with Crippen molar-refractivity contribution in [3.63, 3.8) is 0 Å². The summed E-state index contributed by atoms with van der Waals surface area (Å²) in [7, 11) is 2.90. The summed E-state index contributed by atoms with van der Waals surface area (Å²) in [6, 6.07) is 3.74. The highest BCUT2D eigenvalue weighted by Crippen LogP contribution is 2.27. The first kappa shape index (κ1) is 12.3. The van der Waals surface area contributed by atoms with Crippen molar-refractivity contribution >= 4 is 5.97 Å². The van der Waals surface area contributed by atoms with E-state index in [9.17, 15) is 4.79 Å². The van der Waals surface area contributed by atoms with E-state index >= 15 is 0 Å². The number of allylic oxidation sites excluding steroid dienone is 1. The van der Waals surface area contributed by atoms with E-state index < -0.39 is 0 Å². The summed E-state index contributed by atoms with van der Waals surface area (Å²) in [4.78, 5) is 11.6. The Hall–Kier alpha value is -1.77. The first-order valence-corrected chi connectivity index (χ1v) is 5.00. The highest BCUT2D eigenvalue weighted by Gasteiger charge is 2.16. The summed E-state index contributed by atoms with van der Waals surface area (Å²) in [5.74, 6) is 0.184. The molecule has 0 amide bonds. The van der Waals surface area contributed by atoms with Crippen molar-refractivity contribution < 1.29 is 14.3 Å². The first-order chi connectivity index (χ1) is 7.63. The topological polar surface area (TPSA) is 35.5 Å². The molecule has 0 unspecified atom stereocenters. The fraction of sp³-hybridized carbons (Fsp3) is 0.308. The SMILES string of the molecule is C=CCc1cc(C)cc(C(=O)OC)c1OC. The van der Waals surface area contributed by atoms with Crippen LogP contribution in [0.15, 0.2) is 24.8 Å². The van der Waals surface area contributed by atoms with Gasteiger partial charge in [0.05, 0.1) is 14.2 Å². The van der Waals surface area contributed by atoms with Gasteiger partial charge in [0, 0.05) is 0 Å². The normalized spacial score (nSPS) is 9.69. The van der Waals surface area contributed by atoms with Gasteiger partial charge in [-0.3, -0.25) is 0 Å². The number of carbonyl (C=O) groups is 1. The van der Waals surface area contributed by atoms with Crippen LogP contribution in [0.1, 0.15) is 21.5 Å². The Morgan fingerprint density at radius 2 is 2.12 bits per heavy atom. The van der Waals surface area contributed by atoms with Crippen LogP contribution in [-0.4, -0.2) is 20.2 Å². The van der Waals surface area contributed by atoms with E-state index in [1.54, 1.807) is 19.3 Å². The second kappa shape index (κ2) is 5.35. The van der Waals surface area contributed by atoms with Crippen molar-refractivity contribution in [3.8, 4) is 5.75 Å². The van der Waals surface area contributed by atoms with Crippen LogP contribution in [0, 0.1) is 6.92 Å². The van der Waals surface area contributed by atoms with Crippen LogP contribution in [0.25, 0.3) is 0 Å². The Kier molecular flexibility index (Phi) is 4.11. The molecule has 86 valence electrons. The molecule has 3 nitrogen and oxygen atoms in total. The zero-order valence-corrected chi connectivity index (χ0v) is 9.87. The summed E-state index contributed by atoms with van der Waals surface area (Å²) in [5.41, 5.74) is 2.40. The van der Waals surface area contributed by atoms with Crippen LogP contribution in [0.5, 0.6) is 5.75 Å². The molecule has 0 saturated carbocycles. The van der Waals surface area contributed by atoms with Crippen LogP contribution < -0.4 is 4.74 Å². The second-order valence-electron chi connectivity index (χ2n) is 3.49. The fourth-order valence-electron chi connectivity index (χ4n) is 1.66. The van der Waals surface area contributed by atoms with Gasteiger partial charge in [0.15, 0.2) is 0 Å². The molecule has 0 atom stereocenters. The Balaban J connectivity index is 3.34. The van der Waals surface area contributed by atoms with Crippen molar-refractivity contribution in [1.82, 2.24) is 0 Å². The summed E-state index contributed by atoms with van der Waals surface area (Å²) in [5, 5.41) is 0. The molecular formula is C13H16O3. The van der Waals surface area contributed by atoms with E-state index in [1.165, 1.54) is 7.11 Å². The third kappa shape index (κ3) is 2.42. The van der Waals surface area contributed by atoms with Gasteiger partial charge < -0.3 is 9.47 Å². The summed E-state index contributed by atoms with van der Waals surface area (Å²) in [6.45, 7) is 5.61. The van der Waals surface area contributed by atoms with Crippen molar-refractivity contribution in [2.24, 2.45) is 0 Å². The minimum absolute atomic E-state index is 0.383. The van der Waals surface area contributed by atoms with Crippen LogP contribution in [-0.2, 0) is 11.2 Å². The molecule has 1 rings (SSSR count). The van der Waals surface area contributed by atoms with E-state index in [-0.39, 0.29) is 5.97 Å². The lowest BCUT2D eigenvalue weighted by molar-refractivity contribution is 0.0597. The smallest absolute Gasteiger partial charge is 0.341 e. The molecular weight excluding hydrogens is 204 g/mol. The van der Waals surface area contributed by atoms with Crippen LogP contribution in [0.3, 0.4) is 0 Å². The van der Waals surface area contributed by atoms with Crippen LogP contribution >= 0.6 is 0 Å². The van der Waals surface area contributed by atoms with Gasteiger partial charge in [0.2, 0.25) is 0 Å². The summed E-state index contributed by atoms with van der Waals surface area (Å²) < 4.78 is 9.98. The molecule has 0 aliphatic carbocycles. The zero-order valence-electron chi connectivity index (χ0n) is 9.87. The third-order valence-corrected chi connectivity index (χ3v) is 2.28. The molecule has 1 aromatic rings. The maximum atomic E-state index is 11.6. The highest BCUT2D eigenvalue weighted by molar-refractivity contribution is 5.93. The molecule has 0 spiro atoms. The van der Waals surface area contributed by atoms with Crippen LogP contribution in [0.4, 0.5) is 0 Å². The molecule has 0 N–H and O–H groups in total. The quantitative estimate of drug-likeness (QED) is 0.577. The number of ether oxygens (including phenoxy) is 2. The molecule has 0 heterocycles. The van der Waals surface area contributed by atoms with Gasteiger partial charge in [-0.1, -0.05) is 12.1 Å². The van der Waals surface area contributed by atoms with Crippen molar-refractivity contribution in [1.29, 1.82) is 0 Å². The largest absolute Gasteiger partial charge is 0.496 e. The minimum atomic E-state index is -0.383. The Morgan fingerprint density at radius 3 is 2.62 bits per heavy atom. The maximum Gasteiger partial charge on any atom is 0.341 e. The molecule has 0 fully saturated rings. The average molecular weight is 220 g/mol. The molecule has 0 saturated heterocycles. The molecule has 0 radical (unpaired) electrons. The predicted octanol–water partition coefficient (Wildman–Crippen LogP) is 2.52. The standard InChI is InChI=1S/C13H16O3/c1-5-6-10-7-9(2)8-11(12(10)15-3)13(14)16-4/h5,7-8H,1,6H2,2-4H3. The minimum Gasteiger partial charge on any atom is -0.496 e. The highest BCUT2D eigenvalue weighted by atomic mass is 16.5. The predicted molar refractivity (Wildman–Crippen MR) is 63.0 cm³/mol. The van der Waals surface area contributed by atoms with E-state index in [0.717, 1.165) is 11.1 Å². The molecule has 0 bridgehead atoms. The average Bonchev–Trinajstić information content (AvgIpc) is 2.27. The molecule has 0 aliphatic rings. The second-order valence-corrected chi connectivity index (χ2v) is 3.49. The Bertz CT molecular complexity index is 408. The lowest BCUT2D eigenvalue weighted by atomic mass is 10.0. The van der Waals surface area contributed by atoms with E-state index in [0.29, 0.717) is 17.7 Å². The number of benzene rings is 1. The van der Waals surface area contributed by atoms with E-state index in [2.05, 4.69) is 6.58 Å². The molecule has 3 heteroatoms. The van der Waals surface area contributed by atoms with E-state index in [4.69, 9.17) is 9.47 Å². The molecule has 0 aromatic heterocycles. The number of esters is 1. The number of hydrogen-bond acceptors (Lipinski definition) is 3. The van der Waals surface area contributed by atoms with E-state index in [1.807, 2.05) is 13.0 Å². The summed E-state index contributed by atoms with van der Waals surface area (Å²) >= 11 is 0. The van der Waals surface area contributed by atoms with Crippen LogP contribution in [0.2, 0.25) is 0 Å². The lowest BCUT2D eigenvalue weighted by Crippen LogP contribution is -2.06. The molecule has 1 aromatic carbocycles. The van der Waals surface area contributed by atoms with Gasteiger partial charge in [-0.15, -0.1) is 6.58 Å². The third-order valence-electron chi connectivity index (χ3n) is 2.28.